The third-order valence-corrected chi connectivity index (χ3v) is 5.53. The molecule has 1 aliphatic heterocycles. The summed E-state index contributed by atoms with van der Waals surface area (Å²) >= 11 is 3.38. The zero-order valence-electron chi connectivity index (χ0n) is 17.5. The van der Waals surface area contributed by atoms with Gasteiger partial charge in [0.2, 0.25) is 0 Å². The molecule has 0 radical (unpaired) electrons. The Bertz CT molecular complexity index is 1320. The van der Waals surface area contributed by atoms with Gasteiger partial charge < -0.3 is 9.84 Å². The molecule has 1 fully saturated rings. The number of imide groups is 2. The predicted octanol–water partition coefficient (Wildman–Crippen LogP) is 4.39. The first-order valence-corrected chi connectivity index (χ1v) is 10.8. The molecule has 0 unspecified atom stereocenters. The van der Waals surface area contributed by atoms with Gasteiger partial charge in [-0.25, -0.2) is 14.5 Å². The number of aromatic carboxylic acids is 1. The lowest BCUT2D eigenvalue weighted by Crippen LogP contribution is -2.54. The third-order valence-electron chi connectivity index (χ3n) is 5.00. The quantitative estimate of drug-likeness (QED) is 0.368. The van der Waals surface area contributed by atoms with E-state index in [2.05, 4.69) is 21.2 Å². The second kappa shape index (κ2) is 9.72. The molecule has 170 valence electrons. The zero-order chi connectivity index (χ0) is 24.2. The van der Waals surface area contributed by atoms with Gasteiger partial charge in [0, 0.05) is 10.0 Å². The third kappa shape index (κ3) is 4.89. The van der Waals surface area contributed by atoms with Crippen molar-refractivity contribution in [1.29, 1.82) is 0 Å². The molecule has 3 aromatic rings. The Balaban J connectivity index is 1.62. The predicted molar refractivity (Wildman–Crippen MR) is 127 cm³/mol. The average Bonchev–Trinajstić information content (AvgIpc) is 2.82. The number of amides is 4. The largest absolute Gasteiger partial charge is 0.488 e. The van der Waals surface area contributed by atoms with Crippen molar-refractivity contribution in [2.75, 3.05) is 4.90 Å². The van der Waals surface area contributed by atoms with E-state index in [0.29, 0.717) is 11.3 Å². The average molecular weight is 521 g/mol. The molecule has 9 heteroatoms. The summed E-state index contributed by atoms with van der Waals surface area (Å²) in [5.74, 6) is -2.36. The number of para-hydroxylation sites is 1. The van der Waals surface area contributed by atoms with Gasteiger partial charge in [-0.1, -0.05) is 46.3 Å². The molecule has 34 heavy (non-hydrogen) atoms. The van der Waals surface area contributed by atoms with Crippen LogP contribution in [0.15, 0.2) is 82.8 Å². The molecular formula is C25H17BrN2O6. The van der Waals surface area contributed by atoms with Gasteiger partial charge in [-0.05, 0) is 54.1 Å². The van der Waals surface area contributed by atoms with E-state index in [4.69, 9.17) is 9.84 Å². The van der Waals surface area contributed by atoms with Gasteiger partial charge in [0.05, 0.1) is 11.3 Å². The van der Waals surface area contributed by atoms with Crippen LogP contribution in [0, 0.1) is 0 Å². The van der Waals surface area contributed by atoms with Crippen LogP contribution in [0.2, 0.25) is 0 Å². The van der Waals surface area contributed by atoms with Crippen LogP contribution in [0.25, 0.3) is 6.08 Å². The number of barbiturate groups is 1. The molecular weight excluding hydrogens is 504 g/mol. The Labute approximate surface area is 202 Å². The number of nitrogens with zero attached hydrogens (tertiary/aromatic N) is 1. The summed E-state index contributed by atoms with van der Waals surface area (Å²) in [6.07, 6.45) is 1.36. The van der Waals surface area contributed by atoms with Gasteiger partial charge in [0.25, 0.3) is 11.8 Å². The van der Waals surface area contributed by atoms with Crippen LogP contribution in [0.4, 0.5) is 10.5 Å². The van der Waals surface area contributed by atoms with E-state index in [-0.39, 0.29) is 23.4 Å². The molecule has 1 saturated heterocycles. The maximum absolute atomic E-state index is 13.1. The second-order valence-corrected chi connectivity index (χ2v) is 8.18. The molecule has 0 saturated carbocycles. The SMILES string of the molecule is O=C1NC(=O)N(c2ccc(C(=O)O)cc2)C(=O)/C1=C/c1ccccc1OCc1ccc(Br)cc1. The van der Waals surface area contributed by atoms with Crippen molar-refractivity contribution in [1.82, 2.24) is 5.32 Å². The molecule has 2 N–H and O–H groups in total. The van der Waals surface area contributed by atoms with Crippen LogP contribution in [0.3, 0.4) is 0 Å². The van der Waals surface area contributed by atoms with E-state index in [0.717, 1.165) is 14.9 Å². The van der Waals surface area contributed by atoms with E-state index >= 15 is 0 Å². The maximum Gasteiger partial charge on any atom is 0.335 e. The topological polar surface area (TPSA) is 113 Å². The Hall–Kier alpha value is -4.24. The fourth-order valence-corrected chi connectivity index (χ4v) is 3.54. The van der Waals surface area contributed by atoms with E-state index in [1.165, 1.54) is 30.3 Å². The fraction of sp³-hybridized carbons (Fsp3) is 0.0400. The Morgan fingerprint density at radius 3 is 2.32 bits per heavy atom. The molecule has 1 aliphatic rings. The van der Waals surface area contributed by atoms with Gasteiger partial charge in [-0.3, -0.25) is 14.9 Å². The molecule has 0 aromatic heterocycles. The molecule has 4 amide bonds. The van der Waals surface area contributed by atoms with E-state index in [9.17, 15) is 19.2 Å². The molecule has 0 atom stereocenters. The first-order chi connectivity index (χ1) is 16.3. The highest BCUT2D eigenvalue weighted by atomic mass is 79.9. The highest BCUT2D eigenvalue weighted by Gasteiger charge is 2.37. The normalized spacial score (nSPS) is 14.8. The van der Waals surface area contributed by atoms with Crippen molar-refractivity contribution in [3.8, 4) is 5.75 Å². The summed E-state index contributed by atoms with van der Waals surface area (Å²) in [6, 6.07) is 18.8. The molecule has 3 aromatic carbocycles. The summed E-state index contributed by atoms with van der Waals surface area (Å²) in [7, 11) is 0. The number of carbonyl (C=O) groups excluding carboxylic acids is 3. The Morgan fingerprint density at radius 2 is 1.65 bits per heavy atom. The summed E-state index contributed by atoms with van der Waals surface area (Å²) in [5.41, 5.74) is 1.27. The van der Waals surface area contributed by atoms with E-state index in [1.54, 1.807) is 24.3 Å². The van der Waals surface area contributed by atoms with E-state index < -0.39 is 23.8 Å². The summed E-state index contributed by atoms with van der Waals surface area (Å²) in [4.78, 5) is 49.8. The van der Waals surface area contributed by atoms with Crippen molar-refractivity contribution in [3.05, 3.63) is 99.5 Å². The van der Waals surface area contributed by atoms with Crippen molar-refractivity contribution < 1.29 is 29.0 Å². The summed E-state index contributed by atoms with van der Waals surface area (Å²) in [5, 5.41) is 11.2. The maximum atomic E-state index is 13.1. The second-order valence-electron chi connectivity index (χ2n) is 7.26. The molecule has 1 heterocycles. The zero-order valence-corrected chi connectivity index (χ0v) is 19.1. The number of anilines is 1. The number of nitrogens with one attached hydrogen (secondary N) is 1. The first kappa shape index (κ1) is 22.9. The van der Waals surface area contributed by atoms with Gasteiger partial charge >= 0.3 is 12.0 Å². The van der Waals surface area contributed by atoms with Gasteiger partial charge in [-0.15, -0.1) is 0 Å². The monoisotopic (exact) mass is 520 g/mol. The lowest BCUT2D eigenvalue weighted by Gasteiger charge is -2.26. The van der Waals surface area contributed by atoms with Crippen LogP contribution in [0.1, 0.15) is 21.5 Å². The van der Waals surface area contributed by atoms with Crippen molar-refractivity contribution in [2.45, 2.75) is 6.61 Å². The van der Waals surface area contributed by atoms with Crippen LogP contribution >= 0.6 is 15.9 Å². The Kier molecular flexibility index (Phi) is 6.55. The minimum absolute atomic E-state index is 0.00249. The van der Waals surface area contributed by atoms with Crippen molar-refractivity contribution >= 4 is 51.5 Å². The number of ether oxygens (including phenoxy) is 1. The van der Waals surface area contributed by atoms with Crippen LogP contribution < -0.4 is 15.0 Å². The number of carboxylic acid groups (broad SMARTS) is 1. The summed E-state index contributed by atoms with van der Waals surface area (Å²) in [6.45, 7) is 0.272. The van der Waals surface area contributed by atoms with Gasteiger partial charge in [-0.2, -0.15) is 0 Å². The standard InChI is InChI=1S/C25H17BrN2O6/c26-18-9-5-15(6-10-18)14-34-21-4-2-1-3-17(21)13-20-22(29)27-25(33)28(23(20)30)19-11-7-16(8-12-19)24(31)32/h1-13H,14H2,(H,31,32)(H,27,29,33)/b20-13+. The van der Waals surface area contributed by atoms with Crippen LogP contribution in [-0.4, -0.2) is 28.9 Å². The number of hydrogen-bond donors (Lipinski definition) is 2. The van der Waals surface area contributed by atoms with Crippen molar-refractivity contribution in [2.24, 2.45) is 0 Å². The highest BCUT2D eigenvalue weighted by Crippen LogP contribution is 2.26. The minimum Gasteiger partial charge on any atom is -0.488 e. The smallest absolute Gasteiger partial charge is 0.335 e. The number of carbonyl (C=O) groups is 4. The van der Waals surface area contributed by atoms with Crippen LogP contribution in [-0.2, 0) is 16.2 Å². The Morgan fingerprint density at radius 1 is 0.971 bits per heavy atom. The van der Waals surface area contributed by atoms with E-state index in [1.807, 2.05) is 24.3 Å². The molecule has 8 nitrogen and oxygen atoms in total. The molecule has 0 bridgehead atoms. The van der Waals surface area contributed by atoms with Gasteiger partial charge in [0.15, 0.2) is 0 Å². The lowest BCUT2D eigenvalue weighted by atomic mass is 10.1. The number of hydrogen-bond acceptors (Lipinski definition) is 5. The van der Waals surface area contributed by atoms with Crippen molar-refractivity contribution in [3.63, 3.8) is 0 Å². The molecule has 0 aliphatic carbocycles. The highest BCUT2D eigenvalue weighted by molar-refractivity contribution is 9.10. The number of halogens is 1. The number of carboxylic acids is 1. The molecule has 0 spiro atoms. The lowest BCUT2D eigenvalue weighted by molar-refractivity contribution is -0.122. The first-order valence-electron chi connectivity index (χ1n) is 10.0. The number of urea groups is 1. The fourth-order valence-electron chi connectivity index (χ4n) is 3.27. The number of rotatable bonds is 6. The minimum atomic E-state index is -1.14. The van der Waals surface area contributed by atoms with Gasteiger partial charge in [0.1, 0.15) is 17.9 Å². The van der Waals surface area contributed by atoms with Crippen LogP contribution in [0.5, 0.6) is 5.75 Å². The summed E-state index contributed by atoms with van der Waals surface area (Å²) < 4.78 is 6.85. The number of benzene rings is 3. The molecule has 4 rings (SSSR count).